The minimum atomic E-state index is 0.282. The van der Waals surface area contributed by atoms with Crippen molar-refractivity contribution >= 4 is 28.8 Å². The zero-order chi connectivity index (χ0) is 14.7. The maximum absolute atomic E-state index is 5.98. The minimum absolute atomic E-state index is 0.282. The summed E-state index contributed by atoms with van der Waals surface area (Å²) < 4.78 is 5.22. The molecule has 0 saturated heterocycles. The van der Waals surface area contributed by atoms with Gasteiger partial charge in [-0.05, 0) is 24.6 Å². The maximum atomic E-state index is 5.98. The molecule has 1 heterocycles. The van der Waals surface area contributed by atoms with Gasteiger partial charge in [-0.3, -0.25) is 0 Å². The van der Waals surface area contributed by atoms with Crippen molar-refractivity contribution in [1.82, 2.24) is 9.97 Å². The van der Waals surface area contributed by atoms with Gasteiger partial charge in [0, 0.05) is 25.5 Å². The summed E-state index contributed by atoms with van der Waals surface area (Å²) >= 11 is 5.98. The van der Waals surface area contributed by atoms with Crippen molar-refractivity contribution < 1.29 is 4.74 Å². The lowest BCUT2D eigenvalue weighted by molar-refractivity contribution is 0.413. The zero-order valence-corrected chi connectivity index (χ0v) is 12.7. The van der Waals surface area contributed by atoms with Gasteiger partial charge < -0.3 is 15.0 Å². The number of methoxy groups -OCH3 is 1. The molecule has 20 heavy (non-hydrogen) atoms. The molecule has 1 N–H and O–H groups in total. The molecule has 0 bridgehead atoms. The molecule has 0 radical (unpaired) electrons. The third kappa shape index (κ3) is 2.93. The van der Waals surface area contributed by atoms with Crippen LogP contribution in [-0.2, 0) is 0 Å². The SMILES string of the molecule is COc1c(Cl)ncnc1Nc1ccc(C)c(N(C)C)c1. The zero-order valence-electron chi connectivity index (χ0n) is 11.9. The van der Waals surface area contributed by atoms with Crippen LogP contribution in [0.15, 0.2) is 24.5 Å². The van der Waals surface area contributed by atoms with Gasteiger partial charge in [0.25, 0.3) is 0 Å². The number of nitrogens with zero attached hydrogens (tertiary/aromatic N) is 3. The molecule has 0 spiro atoms. The van der Waals surface area contributed by atoms with Crippen LogP contribution >= 0.6 is 11.6 Å². The Labute approximate surface area is 123 Å². The molecule has 2 rings (SSSR count). The Morgan fingerprint density at radius 2 is 2.00 bits per heavy atom. The fraction of sp³-hybridized carbons (Fsp3) is 0.286. The van der Waals surface area contributed by atoms with E-state index in [4.69, 9.17) is 16.3 Å². The van der Waals surface area contributed by atoms with Crippen LogP contribution in [0.2, 0.25) is 5.15 Å². The molecule has 1 aromatic carbocycles. The second kappa shape index (κ2) is 5.96. The summed E-state index contributed by atoms with van der Waals surface area (Å²) in [5.41, 5.74) is 3.25. The second-order valence-corrected chi connectivity index (χ2v) is 4.93. The Hall–Kier alpha value is -2.01. The fourth-order valence-electron chi connectivity index (χ4n) is 1.93. The maximum Gasteiger partial charge on any atom is 0.199 e. The molecule has 1 aromatic heterocycles. The molecule has 0 saturated carbocycles. The lowest BCUT2D eigenvalue weighted by atomic mass is 10.1. The van der Waals surface area contributed by atoms with E-state index in [1.165, 1.54) is 19.0 Å². The topological polar surface area (TPSA) is 50.3 Å². The van der Waals surface area contributed by atoms with Gasteiger partial charge in [0.2, 0.25) is 0 Å². The number of anilines is 3. The van der Waals surface area contributed by atoms with E-state index in [9.17, 15) is 0 Å². The molecule has 0 atom stereocenters. The van der Waals surface area contributed by atoms with Gasteiger partial charge in [-0.1, -0.05) is 17.7 Å². The predicted molar refractivity (Wildman–Crippen MR) is 82.4 cm³/mol. The largest absolute Gasteiger partial charge is 0.490 e. The number of aryl methyl sites for hydroxylation is 1. The second-order valence-electron chi connectivity index (χ2n) is 4.57. The fourth-order valence-corrected chi connectivity index (χ4v) is 2.14. The predicted octanol–water partition coefficient (Wildman–Crippen LogP) is 3.26. The molecule has 0 unspecified atom stereocenters. The average molecular weight is 293 g/mol. The average Bonchev–Trinajstić information content (AvgIpc) is 2.41. The molecule has 5 nitrogen and oxygen atoms in total. The molecule has 0 fully saturated rings. The van der Waals surface area contributed by atoms with Crippen molar-refractivity contribution in [3.05, 3.63) is 35.2 Å². The number of hydrogen-bond donors (Lipinski definition) is 1. The normalized spacial score (nSPS) is 10.2. The minimum Gasteiger partial charge on any atom is -0.490 e. The Morgan fingerprint density at radius 3 is 2.65 bits per heavy atom. The van der Waals surface area contributed by atoms with Crippen LogP contribution in [0.3, 0.4) is 0 Å². The van der Waals surface area contributed by atoms with Crippen molar-refractivity contribution in [3.63, 3.8) is 0 Å². The van der Waals surface area contributed by atoms with Crippen LogP contribution in [-0.4, -0.2) is 31.2 Å². The lowest BCUT2D eigenvalue weighted by Gasteiger charge is -2.18. The van der Waals surface area contributed by atoms with Crippen molar-refractivity contribution in [1.29, 1.82) is 0 Å². The van der Waals surface area contributed by atoms with Crippen molar-refractivity contribution in [2.75, 3.05) is 31.4 Å². The molecule has 0 amide bonds. The van der Waals surface area contributed by atoms with Gasteiger partial charge in [-0.15, -0.1) is 0 Å². The van der Waals surface area contributed by atoms with Crippen molar-refractivity contribution in [2.24, 2.45) is 0 Å². The van der Waals surface area contributed by atoms with E-state index < -0.39 is 0 Å². The number of hydrogen-bond acceptors (Lipinski definition) is 5. The van der Waals surface area contributed by atoms with E-state index in [0.717, 1.165) is 11.4 Å². The Balaban J connectivity index is 2.36. The summed E-state index contributed by atoms with van der Waals surface area (Å²) in [6, 6.07) is 6.08. The van der Waals surface area contributed by atoms with Gasteiger partial charge in [0.15, 0.2) is 16.7 Å². The summed E-state index contributed by atoms with van der Waals surface area (Å²) in [5, 5.41) is 3.48. The number of benzene rings is 1. The van der Waals surface area contributed by atoms with Gasteiger partial charge in [-0.2, -0.15) is 0 Å². The molecular weight excluding hydrogens is 276 g/mol. The van der Waals surface area contributed by atoms with Gasteiger partial charge >= 0.3 is 0 Å². The Morgan fingerprint density at radius 1 is 1.25 bits per heavy atom. The molecule has 6 heteroatoms. The number of nitrogens with one attached hydrogen (secondary N) is 1. The third-order valence-electron chi connectivity index (χ3n) is 2.92. The van der Waals surface area contributed by atoms with Crippen molar-refractivity contribution in [3.8, 4) is 5.75 Å². The van der Waals surface area contributed by atoms with Crippen LogP contribution in [0.5, 0.6) is 5.75 Å². The summed E-state index contributed by atoms with van der Waals surface area (Å²) in [6.45, 7) is 2.07. The van der Waals surface area contributed by atoms with E-state index in [0.29, 0.717) is 11.6 Å². The van der Waals surface area contributed by atoms with Gasteiger partial charge in [-0.25, -0.2) is 9.97 Å². The highest BCUT2D eigenvalue weighted by atomic mass is 35.5. The number of rotatable bonds is 4. The van der Waals surface area contributed by atoms with Crippen molar-refractivity contribution in [2.45, 2.75) is 6.92 Å². The summed E-state index contributed by atoms with van der Waals surface area (Å²) in [6.07, 6.45) is 1.40. The van der Waals surface area contributed by atoms with Crippen LogP contribution < -0.4 is 15.0 Å². The van der Waals surface area contributed by atoms with Crippen LogP contribution in [0.25, 0.3) is 0 Å². The number of aromatic nitrogens is 2. The number of halogens is 1. The molecular formula is C14H17ClN4O. The van der Waals surface area contributed by atoms with E-state index in [1.807, 2.05) is 32.3 Å². The first-order valence-corrected chi connectivity index (χ1v) is 6.50. The summed E-state index contributed by atoms with van der Waals surface area (Å²) in [5.74, 6) is 0.974. The number of ether oxygens (including phenoxy) is 1. The highest BCUT2D eigenvalue weighted by molar-refractivity contribution is 6.31. The van der Waals surface area contributed by atoms with E-state index in [1.54, 1.807) is 0 Å². The molecule has 0 aliphatic heterocycles. The Bertz CT molecular complexity index is 616. The van der Waals surface area contributed by atoms with Crippen LogP contribution in [0.1, 0.15) is 5.56 Å². The first-order chi connectivity index (χ1) is 9.52. The highest BCUT2D eigenvalue weighted by Gasteiger charge is 2.11. The van der Waals surface area contributed by atoms with E-state index in [-0.39, 0.29) is 5.15 Å². The quantitative estimate of drug-likeness (QED) is 0.877. The van der Waals surface area contributed by atoms with E-state index >= 15 is 0 Å². The molecule has 2 aromatic rings. The standard InChI is InChI=1S/C14H17ClN4O/c1-9-5-6-10(7-11(9)19(2)3)18-14-12(20-4)13(15)16-8-17-14/h5-8H,1-4H3,(H,16,17,18). The molecule has 0 aliphatic rings. The lowest BCUT2D eigenvalue weighted by Crippen LogP contribution is -2.10. The first-order valence-electron chi connectivity index (χ1n) is 6.12. The smallest absolute Gasteiger partial charge is 0.199 e. The molecule has 106 valence electrons. The summed E-state index contributed by atoms with van der Waals surface area (Å²) in [4.78, 5) is 10.1. The third-order valence-corrected chi connectivity index (χ3v) is 3.19. The first kappa shape index (κ1) is 14.4. The van der Waals surface area contributed by atoms with Gasteiger partial charge in [0.1, 0.15) is 6.33 Å². The Kier molecular flexibility index (Phi) is 4.29. The van der Waals surface area contributed by atoms with E-state index in [2.05, 4.69) is 27.1 Å². The summed E-state index contributed by atoms with van der Waals surface area (Å²) in [7, 11) is 5.55. The molecule has 0 aliphatic carbocycles. The van der Waals surface area contributed by atoms with Crippen LogP contribution in [0.4, 0.5) is 17.2 Å². The highest BCUT2D eigenvalue weighted by Crippen LogP contribution is 2.32. The van der Waals surface area contributed by atoms with Crippen LogP contribution in [0, 0.1) is 6.92 Å². The monoisotopic (exact) mass is 292 g/mol. The van der Waals surface area contributed by atoms with Gasteiger partial charge in [0.05, 0.1) is 7.11 Å².